The van der Waals surface area contributed by atoms with Gasteiger partial charge in [-0.2, -0.15) is 0 Å². The summed E-state index contributed by atoms with van der Waals surface area (Å²) in [4.78, 5) is 31.8. The van der Waals surface area contributed by atoms with Crippen LogP contribution in [0.2, 0.25) is 5.02 Å². The molecule has 2 amide bonds. The van der Waals surface area contributed by atoms with Crippen molar-refractivity contribution in [3.63, 3.8) is 0 Å². The summed E-state index contributed by atoms with van der Waals surface area (Å²) >= 11 is 6.32. The number of carbonyl (C=O) groups excluding carboxylic acids is 2. The minimum atomic E-state index is -0.519. The Labute approximate surface area is 170 Å². The number of benzene rings is 2. The van der Waals surface area contributed by atoms with Gasteiger partial charge >= 0.3 is 0 Å². The molecule has 0 aromatic heterocycles. The molecule has 2 aromatic carbocycles. The molecule has 0 saturated carbocycles. The highest BCUT2D eigenvalue weighted by molar-refractivity contribution is 6.33. The van der Waals surface area contributed by atoms with Crippen molar-refractivity contribution in [2.75, 3.05) is 37.6 Å². The third-order valence-electron chi connectivity index (χ3n) is 5.68. The highest BCUT2D eigenvalue weighted by Crippen LogP contribution is 2.33. The van der Waals surface area contributed by atoms with E-state index < -0.39 is 6.04 Å². The molecular formula is C22H24ClN3O2. The first kappa shape index (κ1) is 18.8. The lowest BCUT2D eigenvalue weighted by Crippen LogP contribution is -2.54. The number of hydrogen-bond donors (Lipinski definition) is 0. The zero-order chi connectivity index (χ0) is 19.7. The maximum absolute atomic E-state index is 13.4. The van der Waals surface area contributed by atoms with E-state index in [1.165, 1.54) is 0 Å². The number of amides is 2. The van der Waals surface area contributed by atoms with E-state index in [0.717, 1.165) is 34.9 Å². The minimum absolute atomic E-state index is 0.0150. The smallest absolute Gasteiger partial charge is 0.250 e. The molecule has 28 heavy (non-hydrogen) atoms. The normalized spacial score (nSPS) is 19.6. The molecule has 2 aliphatic rings. The Bertz CT molecular complexity index is 893. The fraction of sp³-hybridized carbons (Fsp3) is 0.364. The maximum Gasteiger partial charge on any atom is 0.250 e. The molecule has 0 spiro atoms. The third-order valence-corrected chi connectivity index (χ3v) is 6.00. The number of anilines is 1. The van der Waals surface area contributed by atoms with E-state index in [1.54, 1.807) is 4.90 Å². The van der Waals surface area contributed by atoms with Crippen LogP contribution in [0.5, 0.6) is 0 Å². The Morgan fingerprint density at radius 3 is 2.43 bits per heavy atom. The molecule has 5 nitrogen and oxygen atoms in total. The molecule has 1 saturated heterocycles. The fourth-order valence-corrected chi connectivity index (χ4v) is 4.47. The molecule has 0 unspecified atom stereocenters. The SMILES string of the molecule is CCN1C(=O)Cc2ccccc2[C@@H]1C(=O)N1CCN(c2ccccc2Cl)CC1. The molecular weight excluding hydrogens is 374 g/mol. The summed E-state index contributed by atoms with van der Waals surface area (Å²) in [5.74, 6) is 0.0374. The van der Waals surface area contributed by atoms with Crippen molar-refractivity contribution in [2.45, 2.75) is 19.4 Å². The Morgan fingerprint density at radius 1 is 1.04 bits per heavy atom. The number of para-hydroxylation sites is 1. The molecule has 2 aliphatic heterocycles. The van der Waals surface area contributed by atoms with Crippen LogP contribution >= 0.6 is 11.6 Å². The zero-order valence-electron chi connectivity index (χ0n) is 16.0. The van der Waals surface area contributed by atoms with Crippen LogP contribution in [0, 0.1) is 0 Å². The van der Waals surface area contributed by atoms with E-state index in [0.29, 0.717) is 26.1 Å². The Hall–Kier alpha value is -2.53. The van der Waals surface area contributed by atoms with E-state index in [2.05, 4.69) is 4.90 Å². The van der Waals surface area contributed by atoms with Gasteiger partial charge in [-0.25, -0.2) is 0 Å². The van der Waals surface area contributed by atoms with Crippen LogP contribution in [0.1, 0.15) is 24.1 Å². The lowest BCUT2D eigenvalue weighted by molar-refractivity contribution is -0.147. The second-order valence-corrected chi connectivity index (χ2v) is 7.63. The molecule has 0 radical (unpaired) electrons. The maximum atomic E-state index is 13.4. The first-order chi connectivity index (χ1) is 13.6. The van der Waals surface area contributed by atoms with Gasteiger partial charge in [0.15, 0.2) is 0 Å². The topological polar surface area (TPSA) is 43.9 Å². The van der Waals surface area contributed by atoms with Crippen molar-refractivity contribution >= 4 is 29.1 Å². The van der Waals surface area contributed by atoms with Crippen LogP contribution in [0.4, 0.5) is 5.69 Å². The number of piperazine rings is 1. The van der Waals surface area contributed by atoms with Gasteiger partial charge in [0.2, 0.25) is 11.8 Å². The average molecular weight is 398 g/mol. The Morgan fingerprint density at radius 2 is 1.71 bits per heavy atom. The van der Waals surface area contributed by atoms with Gasteiger partial charge in [-0.15, -0.1) is 0 Å². The van der Waals surface area contributed by atoms with Gasteiger partial charge in [-0.1, -0.05) is 48.0 Å². The highest BCUT2D eigenvalue weighted by Gasteiger charge is 2.39. The first-order valence-corrected chi connectivity index (χ1v) is 10.1. The van der Waals surface area contributed by atoms with Gasteiger partial charge < -0.3 is 14.7 Å². The van der Waals surface area contributed by atoms with Crippen molar-refractivity contribution in [3.05, 3.63) is 64.7 Å². The largest absolute Gasteiger partial charge is 0.367 e. The zero-order valence-corrected chi connectivity index (χ0v) is 16.7. The fourth-order valence-electron chi connectivity index (χ4n) is 4.21. The summed E-state index contributed by atoms with van der Waals surface area (Å²) < 4.78 is 0. The molecule has 2 heterocycles. The van der Waals surface area contributed by atoms with E-state index in [4.69, 9.17) is 11.6 Å². The molecule has 0 N–H and O–H groups in total. The van der Waals surface area contributed by atoms with E-state index in [9.17, 15) is 9.59 Å². The van der Waals surface area contributed by atoms with Crippen molar-refractivity contribution < 1.29 is 9.59 Å². The van der Waals surface area contributed by atoms with Gasteiger partial charge in [0.25, 0.3) is 0 Å². The van der Waals surface area contributed by atoms with Crippen LogP contribution in [0.3, 0.4) is 0 Å². The van der Waals surface area contributed by atoms with Crippen LogP contribution in [0.15, 0.2) is 48.5 Å². The van der Waals surface area contributed by atoms with Gasteiger partial charge in [0, 0.05) is 32.7 Å². The van der Waals surface area contributed by atoms with Crippen LogP contribution < -0.4 is 4.90 Å². The standard InChI is InChI=1S/C22H24ClN3O2/c1-2-26-20(27)15-16-7-3-4-8-17(16)21(26)22(28)25-13-11-24(12-14-25)19-10-6-5-9-18(19)23/h3-10,21H,2,11-15H2,1H3/t21-/m1/s1. The number of likely N-dealkylation sites (N-methyl/N-ethyl adjacent to an activating group) is 1. The van der Waals surface area contributed by atoms with Gasteiger partial charge in [0.1, 0.15) is 6.04 Å². The van der Waals surface area contributed by atoms with Crippen LogP contribution in [0.25, 0.3) is 0 Å². The van der Waals surface area contributed by atoms with E-state index in [-0.39, 0.29) is 11.8 Å². The quantitative estimate of drug-likeness (QED) is 0.799. The second-order valence-electron chi connectivity index (χ2n) is 7.22. The lowest BCUT2D eigenvalue weighted by atomic mass is 9.91. The van der Waals surface area contributed by atoms with Gasteiger partial charge in [-0.3, -0.25) is 9.59 Å². The molecule has 1 fully saturated rings. The molecule has 146 valence electrons. The van der Waals surface area contributed by atoms with Crippen molar-refractivity contribution in [2.24, 2.45) is 0 Å². The molecule has 4 rings (SSSR count). The summed E-state index contributed by atoms with van der Waals surface area (Å²) in [6, 6.07) is 15.1. The molecule has 0 bridgehead atoms. The number of nitrogens with zero attached hydrogens (tertiary/aromatic N) is 3. The minimum Gasteiger partial charge on any atom is -0.367 e. The first-order valence-electron chi connectivity index (χ1n) is 9.75. The molecule has 6 heteroatoms. The summed E-state index contributed by atoms with van der Waals surface area (Å²) in [6.07, 6.45) is 0.369. The number of halogens is 1. The molecule has 0 aliphatic carbocycles. The number of carbonyl (C=O) groups is 2. The summed E-state index contributed by atoms with van der Waals surface area (Å²) in [5.41, 5.74) is 2.93. The van der Waals surface area contributed by atoms with Crippen LogP contribution in [-0.4, -0.2) is 54.3 Å². The lowest BCUT2D eigenvalue weighted by Gasteiger charge is -2.41. The van der Waals surface area contributed by atoms with Crippen LogP contribution in [-0.2, 0) is 16.0 Å². The molecule has 2 aromatic rings. The number of rotatable bonds is 3. The number of fused-ring (bicyclic) bond motifs is 1. The van der Waals surface area contributed by atoms with E-state index >= 15 is 0 Å². The van der Waals surface area contributed by atoms with E-state index in [1.807, 2.05) is 60.4 Å². The van der Waals surface area contributed by atoms with Gasteiger partial charge in [0.05, 0.1) is 17.1 Å². The molecule has 1 atom stereocenters. The second kappa shape index (κ2) is 7.84. The van der Waals surface area contributed by atoms with Crippen molar-refractivity contribution in [1.82, 2.24) is 9.80 Å². The van der Waals surface area contributed by atoms with Gasteiger partial charge in [-0.05, 0) is 30.2 Å². The predicted molar refractivity (Wildman–Crippen MR) is 111 cm³/mol. The Kier molecular flexibility index (Phi) is 5.27. The third kappa shape index (κ3) is 3.35. The summed E-state index contributed by atoms with van der Waals surface area (Å²) in [6.45, 7) is 5.15. The van der Waals surface area contributed by atoms with Crippen molar-refractivity contribution in [1.29, 1.82) is 0 Å². The van der Waals surface area contributed by atoms with Crippen molar-refractivity contribution in [3.8, 4) is 0 Å². The highest BCUT2D eigenvalue weighted by atomic mass is 35.5. The Balaban J connectivity index is 1.53. The average Bonchev–Trinajstić information content (AvgIpc) is 2.73. The summed E-state index contributed by atoms with van der Waals surface area (Å²) in [7, 11) is 0. The monoisotopic (exact) mass is 397 g/mol. The predicted octanol–water partition coefficient (Wildman–Crippen LogP) is 3.13. The summed E-state index contributed by atoms with van der Waals surface area (Å²) in [5, 5.41) is 0.728. The number of hydrogen-bond acceptors (Lipinski definition) is 3.